The van der Waals surface area contributed by atoms with Crippen molar-refractivity contribution < 1.29 is 23.5 Å². The standard InChI is InChI=1S/C20H34N3O4S/c1-5-7-8-9-14-25-19-18(21-28-22-19)17-11-10-12-23(4,15-17)16(3)27-20(24)26-13-6-2/h11,16H,5-10,12-15H2,1-4H3/q+1. The van der Waals surface area contributed by atoms with Crippen LogP contribution in [0.1, 0.15) is 65.0 Å². The van der Waals surface area contributed by atoms with Crippen LogP contribution in [0.2, 0.25) is 0 Å². The van der Waals surface area contributed by atoms with Crippen LogP contribution in [0.5, 0.6) is 5.88 Å². The predicted octanol–water partition coefficient (Wildman–Crippen LogP) is 4.64. The molecule has 0 saturated heterocycles. The van der Waals surface area contributed by atoms with E-state index < -0.39 is 6.16 Å². The lowest BCUT2D eigenvalue weighted by Gasteiger charge is -2.41. The Morgan fingerprint density at radius 3 is 2.79 bits per heavy atom. The van der Waals surface area contributed by atoms with Gasteiger partial charge in [-0.15, -0.1) is 4.37 Å². The number of carbonyl (C=O) groups excluding carboxylic acids is 1. The van der Waals surface area contributed by atoms with Crippen LogP contribution < -0.4 is 4.74 Å². The molecule has 0 saturated carbocycles. The van der Waals surface area contributed by atoms with Crippen molar-refractivity contribution in [1.82, 2.24) is 8.75 Å². The highest BCUT2D eigenvalue weighted by molar-refractivity contribution is 6.99. The number of likely N-dealkylation sites (N-methyl/N-ethyl adjacent to an activating group) is 1. The Bertz CT molecular complexity index is 649. The summed E-state index contributed by atoms with van der Waals surface area (Å²) in [6.45, 7) is 8.71. The molecule has 1 aromatic rings. The van der Waals surface area contributed by atoms with Gasteiger partial charge in [0, 0.05) is 18.9 Å². The number of quaternary nitrogens is 1. The van der Waals surface area contributed by atoms with Gasteiger partial charge in [0.25, 0.3) is 5.88 Å². The van der Waals surface area contributed by atoms with Crippen molar-refractivity contribution in [3.05, 3.63) is 11.8 Å². The molecule has 0 aliphatic carbocycles. The topological polar surface area (TPSA) is 70.5 Å². The summed E-state index contributed by atoms with van der Waals surface area (Å²) < 4.78 is 25.9. The van der Waals surface area contributed by atoms with Crippen LogP contribution in [0.15, 0.2) is 6.08 Å². The van der Waals surface area contributed by atoms with E-state index in [0.717, 1.165) is 37.1 Å². The van der Waals surface area contributed by atoms with E-state index in [0.29, 0.717) is 30.1 Å². The molecule has 1 aliphatic heterocycles. The first-order valence-corrected chi connectivity index (χ1v) is 11.1. The van der Waals surface area contributed by atoms with Gasteiger partial charge in [0.05, 0.1) is 38.5 Å². The van der Waals surface area contributed by atoms with Crippen LogP contribution in [0.25, 0.3) is 5.57 Å². The maximum absolute atomic E-state index is 11.8. The Kier molecular flexibility index (Phi) is 9.18. The molecule has 2 rings (SSSR count). The average Bonchev–Trinajstić information content (AvgIpc) is 3.15. The summed E-state index contributed by atoms with van der Waals surface area (Å²) in [5.74, 6) is 0.622. The van der Waals surface area contributed by atoms with Crippen LogP contribution in [0.3, 0.4) is 0 Å². The summed E-state index contributed by atoms with van der Waals surface area (Å²) in [5, 5.41) is 0. The van der Waals surface area contributed by atoms with Crippen molar-refractivity contribution in [2.45, 2.75) is 65.5 Å². The summed E-state index contributed by atoms with van der Waals surface area (Å²) in [5.41, 5.74) is 1.92. The van der Waals surface area contributed by atoms with E-state index in [2.05, 4.69) is 28.8 Å². The van der Waals surface area contributed by atoms with Gasteiger partial charge in [-0.1, -0.05) is 39.2 Å². The normalized spacial score (nSPS) is 20.4. The Hall–Kier alpha value is -1.67. The van der Waals surface area contributed by atoms with E-state index in [1.807, 2.05) is 13.8 Å². The van der Waals surface area contributed by atoms with Gasteiger partial charge in [0.15, 0.2) is 0 Å². The number of unbranched alkanes of at least 4 members (excludes halogenated alkanes) is 3. The lowest BCUT2D eigenvalue weighted by molar-refractivity contribution is -0.944. The fraction of sp³-hybridized carbons (Fsp3) is 0.750. The minimum Gasteiger partial charge on any atom is -0.475 e. The van der Waals surface area contributed by atoms with Gasteiger partial charge in [-0.05, 0) is 12.8 Å². The Balaban J connectivity index is 1.96. The number of nitrogens with zero attached hydrogens (tertiary/aromatic N) is 3. The average molecular weight is 413 g/mol. The monoisotopic (exact) mass is 412 g/mol. The van der Waals surface area contributed by atoms with Gasteiger partial charge in [-0.2, -0.15) is 4.37 Å². The van der Waals surface area contributed by atoms with Gasteiger partial charge in [0.1, 0.15) is 12.2 Å². The highest BCUT2D eigenvalue weighted by atomic mass is 32.1. The molecule has 0 bridgehead atoms. The third-order valence-electron chi connectivity index (χ3n) is 5.13. The molecule has 2 unspecified atom stereocenters. The smallest absolute Gasteiger partial charge is 0.475 e. The van der Waals surface area contributed by atoms with Crippen LogP contribution in [0, 0.1) is 0 Å². The maximum atomic E-state index is 11.8. The molecule has 0 amide bonds. The Labute approximate surface area is 172 Å². The highest BCUT2D eigenvalue weighted by Crippen LogP contribution is 2.31. The molecular formula is C20H34N3O4S+. The van der Waals surface area contributed by atoms with Crippen LogP contribution in [-0.4, -0.2) is 59.0 Å². The van der Waals surface area contributed by atoms with Crippen molar-refractivity contribution in [3.8, 4) is 5.88 Å². The molecule has 28 heavy (non-hydrogen) atoms. The molecule has 8 heteroatoms. The van der Waals surface area contributed by atoms with Gasteiger partial charge >= 0.3 is 6.16 Å². The van der Waals surface area contributed by atoms with E-state index in [1.165, 1.54) is 31.0 Å². The summed E-state index contributed by atoms with van der Waals surface area (Å²) >= 11 is 1.18. The van der Waals surface area contributed by atoms with E-state index in [9.17, 15) is 4.79 Å². The lowest BCUT2D eigenvalue weighted by atomic mass is 10.0. The largest absolute Gasteiger partial charge is 0.512 e. The number of hydrogen-bond donors (Lipinski definition) is 0. The number of hydrogen-bond acceptors (Lipinski definition) is 7. The molecule has 0 fully saturated rings. The van der Waals surface area contributed by atoms with Crippen molar-refractivity contribution in [2.75, 3.05) is 33.4 Å². The first-order chi connectivity index (χ1) is 13.5. The molecule has 1 aromatic heterocycles. The molecule has 0 N–H and O–H groups in total. The van der Waals surface area contributed by atoms with E-state index in [4.69, 9.17) is 14.2 Å². The van der Waals surface area contributed by atoms with Crippen molar-refractivity contribution in [3.63, 3.8) is 0 Å². The van der Waals surface area contributed by atoms with Gasteiger partial charge < -0.3 is 14.2 Å². The first-order valence-electron chi connectivity index (χ1n) is 10.3. The highest BCUT2D eigenvalue weighted by Gasteiger charge is 2.37. The molecule has 158 valence electrons. The summed E-state index contributed by atoms with van der Waals surface area (Å²) in [7, 11) is 2.09. The molecule has 2 heterocycles. The number of aromatic nitrogens is 2. The fourth-order valence-corrected chi connectivity index (χ4v) is 3.73. The number of carbonyl (C=O) groups is 1. The summed E-state index contributed by atoms with van der Waals surface area (Å²) in [6, 6.07) is 0. The van der Waals surface area contributed by atoms with Gasteiger partial charge in [-0.25, -0.2) is 4.79 Å². The first kappa shape index (κ1) is 22.6. The Morgan fingerprint density at radius 2 is 2.04 bits per heavy atom. The SMILES string of the molecule is CCCCCCOc1nsnc1C1=CCC[N+](C)(C(C)OC(=O)OCCC)C1. The van der Waals surface area contributed by atoms with Crippen molar-refractivity contribution in [1.29, 1.82) is 0 Å². The second kappa shape index (κ2) is 11.4. The quantitative estimate of drug-likeness (QED) is 0.300. The van der Waals surface area contributed by atoms with Gasteiger partial charge in [-0.3, -0.25) is 4.48 Å². The molecule has 0 radical (unpaired) electrons. The van der Waals surface area contributed by atoms with Crippen LogP contribution in [0.4, 0.5) is 4.79 Å². The van der Waals surface area contributed by atoms with Crippen molar-refractivity contribution in [2.24, 2.45) is 0 Å². The maximum Gasteiger partial charge on any atom is 0.512 e. The number of rotatable bonds is 11. The Morgan fingerprint density at radius 1 is 1.21 bits per heavy atom. The number of ether oxygens (including phenoxy) is 3. The molecule has 7 nitrogen and oxygen atoms in total. The van der Waals surface area contributed by atoms with E-state index in [1.54, 1.807) is 0 Å². The van der Waals surface area contributed by atoms with E-state index in [-0.39, 0.29) is 6.23 Å². The lowest BCUT2D eigenvalue weighted by Crippen LogP contribution is -2.55. The summed E-state index contributed by atoms with van der Waals surface area (Å²) in [4.78, 5) is 11.8. The fourth-order valence-electron chi connectivity index (χ4n) is 3.20. The zero-order valence-electron chi connectivity index (χ0n) is 17.6. The van der Waals surface area contributed by atoms with E-state index >= 15 is 0 Å². The zero-order valence-corrected chi connectivity index (χ0v) is 18.4. The van der Waals surface area contributed by atoms with Crippen LogP contribution >= 0.6 is 11.7 Å². The van der Waals surface area contributed by atoms with Gasteiger partial charge in [0.2, 0.25) is 6.23 Å². The minimum absolute atomic E-state index is 0.307. The third kappa shape index (κ3) is 6.44. The zero-order chi connectivity index (χ0) is 20.4. The van der Waals surface area contributed by atoms with Crippen molar-refractivity contribution >= 4 is 23.5 Å². The minimum atomic E-state index is -0.601. The predicted molar refractivity (Wildman–Crippen MR) is 110 cm³/mol. The molecule has 1 aliphatic rings. The molecule has 2 atom stereocenters. The molecular weight excluding hydrogens is 378 g/mol. The third-order valence-corrected chi connectivity index (χ3v) is 5.64. The summed E-state index contributed by atoms with van der Waals surface area (Å²) in [6.07, 6.45) is 7.59. The second-order valence-electron chi connectivity index (χ2n) is 7.52. The van der Waals surface area contributed by atoms with Crippen LogP contribution in [-0.2, 0) is 9.47 Å². The molecule has 0 aromatic carbocycles. The molecule has 0 spiro atoms. The second-order valence-corrected chi connectivity index (χ2v) is 8.05.